The lowest BCUT2D eigenvalue weighted by atomic mass is 9.59. The van der Waals surface area contributed by atoms with Crippen molar-refractivity contribution < 1.29 is 4.74 Å². The number of rotatable bonds is 5. The minimum atomic E-state index is 0.229. The Kier molecular flexibility index (Phi) is 5.65. The lowest BCUT2D eigenvalue weighted by Crippen LogP contribution is -2.57. The third-order valence-electron chi connectivity index (χ3n) is 4.50. The zero-order valence-electron chi connectivity index (χ0n) is 13.7. The van der Waals surface area contributed by atoms with Crippen molar-refractivity contribution in [3.8, 4) is 0 Å². The molecule has 4 nitrogen and oxygen atoms in total. The third kappa shape index (κ3) is 3.04. The molecule has 1 fully saturated rings. The molecule has 0 amide bonds. The molecule has 0 aromatic carbocycles. The number of guanidine groups is 1. The van der Waals surface area contributed by atoms with Gasteiger partial charge in [0.05, 0.1) is 12.1 Å². The lowest BCUT2D eigenvalue weighted by molar-refractivity contribution is -0.127. The molecule has 1 aliphatic rings. The largest absolute Gasteiger partial charge is 0.378 e. The molecule has 0 bridgehead atoms. The first-order chi connectivity index (χ1) is 8.92. The summed E-state index contributed by atoms with van der Waals surface area (Å²) in [5.41, 5.74) is 0.229. The molecular weight excluding hydrogens is 238 g/mol. The Bertz CT molecular complexity index is 299. The normalized spacial score (nSPS) is 24.6. The van der Waals surface area contributed by atoms with E-state index in [2.05, 4.69) is 58.8 Å². The van der Waals surface area contributed by atoms with E-state index in [1.807, 2.05) is 0 Å². The van der Waals surface area contributed by atoms with Gasteiger partial charge in [0.25, 0.3) is 0 Å². The predicted molar refractivity (Wildman–Crippen MR) is 81.6 cm³/mol. The van der Waals surface area contributed by atoms with Gasteiger partial charge in [-0.1, -0.05) is 13.8 Å². The van der Waals surface area contributed by atoms with Crippen molar-refractivity contribution in [3.63, 3.8) is 0 Å². The molecule has 112 valence electrons. The Morgan fingerprint density at radius 2 is 1.63 bits per heavy atom. The molecule has 1 aliphatic carbocycles. The van der Waals surface area contributed by atoms with Gasteiger partial charge in [-0.05, 0) is 26.2 Å². The first-order valence-electron chi connectivity index (χ1n) is 7.46. The standard InChI is InChI=1S/C15H31N3O/c1-8-15(9-2)12(11-13(15)19-10-3)16-14(17(4)5)18(6)7/h12-13H,8-11H2,1-7H3. The van der Waals surface area contributed by atoms with E-state index in [1.54, 1.807) is 0 Å². The maximum absolute atomic E-state index is 5.91. The van der Waals surface area contributed by atoms with Crippen molar-refractivity contribution in [1.29, 1.82) is 0 Å². The van der Waals surface area contributed by atoms with Crippen LogP contribution in [0.2, 0.25) is 0 Å². The van der Waals surface area contributed by atoms with Crippen LogP contribution in [-0.2, 0) is 4.74 Å². The highest BCUT2D eigenvalue weighted by molar-refractivity contribution is 5.79. The van der Waals surface area contributed by atoms with Crippen LogP contribution >= 0.6 is 0 Å². The van der Waals surface area contributed by atoms with Crippen LogP contribution in [0.4, 0.5) is 0 Å². The maximum Gasteiger partial charge on any atom is 0.195 e. The van der Waals surface area contributed by atoms with Crippen molar-refractivity contribution in [3.05, 3.63) is 0 Å². The van der Waals surface area contributed by atoms with E-state index in [9.17, 15) is 0 Å². The molecule has 0 spiro atoms. The van der Waals surface area contributed by atoms with Gasteiger partial charge in [0, 0.05) is 40.2 Å². The van der Waals surface area contributed by atoms with Gasteiger partial charge in [0.15, 0.2) is 5.96 Å². The van der Waals surface area contributed by atoms with Gasteiger partial charge in [-0.15, -0.1) is 0 Å². The summed E-state index contributed by atoms with van der Waals surface area (Å²) in [6, 6.07) is 0.388. The Hall–Kier alpha value is -0.770. The Labute approximate surface area is 118 Å². The van der Waals surface area contributed by atoms with E-state index in [1.165, 1.54) is 0 Å². The zero-order valence-corrected chi connectivity index (χ0v) is 13.7. The van der Waals surface area contributed by atoms with Gasteiger partial charge in [0.1, 0.15) is 0 Å². The number of hydrogen-bond acceptors (Lipinski definition) is 2. The fourth-order valence-corrected chi connectivity index (χ4v) is 3.29. The Morgan fingerprint density at radius 1 is 1.11 bits per heavy atom. The van der Waals surface area contributed by atoms with Gasteiger partial charge in [0.2, 0.25) is 0 Å². The maximum atomic E-state index is 5.91. The van der Waals surface area contributed by atoms with Crippen LogP contribution in [0.5, 0.6) is 0 Å². The summed E-state index contributed by atoms with van der Waals surface area (Å²) >= 11 is 0. The first kappa shape index (κ1) is 16.3. The first-order valence-corrected chi connectivity index (χ1v) is 7.46. The van der Waals surface area contributed by atoms with Crippen LogP contribution < -0.4 is 0 Å². The molecule has 0 aliphatic heterocycles. The van der Waals surface area contributed by atoms with Gasteiger partial charge < -0.3 is 14.5 Å². The average molecular weight is 269 g/mol. The predicted octanol–water partition coefficient (Wildman–Crippen LogP) is 2.45. The number of nitrogens with zero attached hydrogens (tertiary/aromatic N) is 3. The molecule has 19 heavy (non-hydrogen) atoms. The molecular formula is C15H31N3O. The number of ether oxygens (including phenoxy) is 1. The fraction of sp³-hybridized carbons (Fsp3) is 0.933. The molecule has 4 heteroatoms. The van der Waals surface area contributed by atoms with Gasteiger partial charge in [-0.25, -0.2) is 4.99 Å². The fourth-order valence-electron chi connectivity index (χ4n) is 3.29. The average Bonchev–Trinajstić information content (AvgIpc) is 2.33. The summed E-state index contributed by atoms with van der Waals surface area (Å²) in [5.74, 6) is 1.05. The molecule has 2 atom stereocenters. The van der Waals surface area contributed by atoms with E-state index < -0.39 is 0 Å². The minimum Gasteiger partial charge on any atom is -0.378 e. The molecule has 0 aromatic rings. The topological polar surface area (TPSA) is 28.1 Å². The summed E-state index contributed by atoms with van der Waals surface area (Å²) < 4.78 is 5.91. The second kappa shape index (κ2) is 6.60. The van der Waals surface area contributed by atoms with Crippen molar-refractivity contribution in [2.24, 2.45) is 10.4 Å². The van der Waals surface area contributed by atoms with Crippen LogP contribution in [0.25, 0.3) is 0 Å². The summed E-state index contributed by atoms with van der Waals surface area (Å²) in [5, 5.41) is 0. The van der Waals surface area contributed by atoms with E-state index in [0.29, 0.717) is 12.1 Å². The van der Waals surface area contributed by atoms with E-state index in [-0.39, 0.29) is 5.41 Å². The highest BCUT2D eigenvalue weighted by Gasteiger charge is 2.53. The van der Waals surface area contributed by atoms with Crippen LogP contribution in [0.3, 0.4) is 0 Å². The van der Waals surface area contributed by atoms with Gasteiger partial charge >= 0.3 is 0 Å². The van der Waals surface area contributed by atoms with E-state index in [0.717, 1.165) is 31.8 Å². The van der Waals surface area contributed by atoms with Crippen LogP contribution in [0.1, 0.15) is 40.0 Å². The highest BCUT2D eigenvalue weighted by atomic mass is 16.5. The quantitative estimate of drug-likeness (QED) is 0.567. The molecule has 0 heterocycles. The van der Waals surface area contributed by atoms with Crippen molar-refractivity contribution in [1.82, 2.24) is 9.80 Å². The molecule has 1 saturated carbocycles. The Morgan fingerprint density at radius 3 is 2.00 bits per heavy atom. The third-order valence-corrected chi connectivity index (χ3v) is 4.50. The van der Waals surface area contributed by atoms with Gasteiger partial charge in [-0.2, -0.15) is 0 Å². The molecule has 2 unspecified atom stereocenters. The van der Waals surface area contributed by atoms with E-state index in [4.69, 9.17) is 9.73 Å². The van der Waals surface area contributed by atoms with Gasteiger partial charge in [-0.3, -0.25) is 0 Å². The second-order valence-corrected chi connectivity index (χ2v) is 5.85. The second-order valence-electron chi connectivity index (χ2n) is 5.85. The van der Waals surface area contributed by atoms with Crippen molar-refractivity contribution in [2.75, 3.05) is 34.8 Å². The number of hydrogen-bond donors (Lipinski definition) is 0. The monoisotopic (exact) mass is 269 g/mol. The smallest absolute Gasteiger partial charge is 0.195 e. The number of aliphatic imine (C=N–C) groups is 1. The zero-order chi connectivity index (χ0) is 14.6. The molecule has 1 rings (SSSR count). The Balaban J connectivity index is 2.92. The van der Waals surface area contributed by atoms with Crippen LogP contribution in [0, 0.1) is 5.41 Å². The summed E-state index contributed by atoms with van der Waals surface area (Å²) in [7, 11) is 8.21. The van der Waals surface area contributed by atoms with Crippen molar-refractivity contribution >= 4 is 5.96 Å². The molecule has 0 N–H and O–H groups in total. The van der Waals surface area contributed by atoms with Crippen LogP contribution in [-0.4, -0.2) is 62.7 Å². The molecule has 0 radical (unpaired) electrons. The van der Waals surface area contributed by atoms with Crippen molar-refractivity contribution in [2.45, 2.75) is 52.2 Å². The summed E-state index contributed by atoms with van der Waals surface area (Å²) in [6.07, 6.45) is 3.71. The SMILES string of the molecule is CCOC1CC(N=C(N(C)C)N(C)C)C1(CC)CC. The molecule has 0 aromatic heterocycles. The molecule has 0 saturated heterocycles. The minimum absolute atomic E-state index is 0.229. The summed E-state index contributed by atoms with van der Waals surface area (Å²) in [4.78, 5) is 9.17. The van der Waals surface area contributed by atoms with Crippen LogP contribution in [0.15, 0.2) is 4.99 Å². The lowest BCUT2D eigenvalue weighted by Gasteiger charge is -2.53. The highest BCUT2D eigenvalue weighted by Crippen LogP contribution is 2.50. The van der Waals surface area contributed by atoms with E-state index >= 15 is 0 Å². The summed E-state index contributed by atoms with van der Waals surface area (Å²) in [6.45, 7) is 7.42.